The van der Waals surface area contributed by atoms with E-state index in [0.29, 0.717) is 12.5 Å². The molecule has 0 aliphatic heterocycles. The molecule has 1 aliphatic rings. The molecular weight excluding hydrogens is 262 g/mol. The SMILES string of the molecule is CN=C(NCCC1=CCCCC1)NCCS(C)(=O)=O. The Bertz CT molecular complexity index is 427. The molecule has 110 valence electrons. The first-order valence-electron chi connectivity index (χ1n) is 6.81. The molecule has 0 heterocycles. The highest BCUT2D eigenvalue weighted by Gasteiger charge is 2.05. The maximum Gasteiger partial charge on any atom is 0.191 e. The molecule has 19 heavy (non-hydrogen) atoms. The van der Waals surface area contributed by atoms with Gasteiger partial charge in [0.15, 0.2) is 5.96 Å². The summed E-state index contributed by atoms with van der Waals surface area (Å²) in [6.45, 7) is 1.23. The van der Waals surface area contributed by atoms with Crippen LogP contribution in [0, 0.1) is 0 Å². The number of aliphatic imine (C=N–C) groups is 1. The Balaban J connectivity index is 2.20. The highest BCUT2D eigenvalue weighted by atomic mass is 32.2. The minimum Gasteiger partial charge on any atom is -0.356 e. The van der Waals surface area contributed by atoms with Crippen molar-refractivity contribution in [3.63, 3.8) is 0 Å². The van der Waals surface area contributed by atoms with Gasteiger partial charge in [-0.25, -0.2) is 8.42 Å². The van der Waals surface area contributed by atoms with E-state index in [1.54, 1.807) is 7.05 Å². The van der Waals surface area contributed by atoms with E-state index in [0.717, 1.165) is 13.0 Å². The van der Waals surface area contributed by atoms with Crippen molar-refractivity contribution in [2.75, 3.05) is 32.1 Å². The van der Waals surface area contributed by atoms with E-state index in [1.807, 2.05) is 0 Å². The van der Waals surface area contributed by atoms with E-state index >= 15 is 0 Å². The molecule has 1 rings (SSSR count). The van der Waals surface area contributed by atoms with Crippen LogP contribution in [-0.4, -0.2) is 46.5 Å². The largest absolute Gasteiger partial charge is 0.356 e. The maximum absolute atomic E-state index is 11.0. The van der Waals surface area contributed by atoms with Crippen LogP contribution >= 0.6 is 0 Å². The third-order valence-corrected chi connectivity index (χ3v) is 4.06. The fourth-order valence-corrected chi connectivity index (χ4v) is 2.52. The quantitative estimate of drug-likeness (QED) is 0.436. The lowest BCUT2D eigenvalue weighted by molar-refractivity contribution is 0.600. The molecule has 0 spiro atoms. The highest BCUT2D eigenvalue weighted by Crippen LogP contribution is 2.19. The molecule has 0 saturated carbocycles. The zero-order valence-electron chi connectivity index (χ0n) is 11.9. The third kappa shape index (κ3) is 7.87. The predicted octanol–water partition coefficient (Wildman–Crippen LogP) is 1.09. The Hall–Kier alpha value is -1.04. The van der Waals surface area contributed by atoms with Crippen molar-refractivity contribution in [2.24, 2.45) is 4.99 Å². The summed E-state index contributed by atoms with van der Waals surface area (Å²) in [7, 11) is -1.23. The highest BCUT2D eigenvalue weighted by molar-refractivity contribution is 7.90. The fourth-order valence-electron chi connectivity index (χ4n) is 2.05. The van der Waals surface area contributed by atoms with Crippen LogP contribution in [0.3, 0.4) is 0 Å². The summed E-state index contributed by atoms with van der Waals surface area (Å²) in [6, 6.07) is 0. The first kappa shape index (κ1) is 16.0. The average Bonchev–Trinajstić information content (AvgIpc) is 2.37. The lowest BCUT2D eigenvalue weighted by Crippen LogP contribution is -2.40. The van der Waals surface area contributed by atoms with Gasteiger partial charge in [0.1, 0.15) is 9.84 Å². The Kier molecular flexibility index (Phi) is 6.91. The van der Waals surface area contributed by atoms with Crippen molar-refractivity contribution in [1.82, 2.24) is 10.6 Å². The maximum atomic E-state index is 11.0. The van der Waals surface area contributed by atoms with E-state index in [-0.39, 0.29) is 5.75 Å². The van der Waals surface area contributed by atoms with Gasteiger partial charge in [-0.3, -0.25) is 4.99 Å². The van der Waals surface area contributed by atoms with Crippen molar-refractivity contribution in [3.8, 4) is 0 Å². The molecule has 0 fully saturated rings. The Morgan fingerprint density at radius 2 is 2.05 bits per heavy atom. The minimum atomic E-state index is -2.92. The molecule has 1 aliphatic carbocycles. The van der Waals surface area contributed by atoms with E-state index in [1.165, 1.54) is 37.5 Å². The van der Waals surface area contributed by atoms with Gasteiger partial charge >= 0.3 is 0 Å². The summed E-state index contributed by atoms with van der Waals surface area (Å²) < 4.78 is 22.0. The third-order valence-electron chi connectivity index (χ3n) is 3.11. The molecule has 0 aromatic carbocycles. The van der Waals surface area contributed by atoms with Gasteiger partial charge in [-0.05, 0) is 32.1 Å². The van der Waals surface area contributed by atoms with E-state index in [4.69, 9.17) is 0 Å². The number of guanidine groups is 1. The molecular formula is C13H25N3O2S. The van der Waals surface area contributed by atoms with Crippen LogP contribution in [0.25, 0.3) is 0 Å². The zero-order valence-corrected chi connectivity index (χ0v) is 12.7. The molecule has 0 aromatic rings. The Morgan fingerprint density at radius 1 is 1.32 bits per heavy atom. The monoisotopic (exact) mass is 287 g/mol. The molecule has 0 bridgehead atoms. The number of rotatable bonds is 6. The van der Waals surface area contributed by atoms with Crippen LogP contribution in [-0.2, 0) is 9.84 Å². The smallest absolute Gasteiger partial charge is 0.191 e. The van der Waals surface area contributed by atoms with Crippen LogP contribution in [0.1, 0.15) is 32.1 Å². The van der Waals surface area contributed by atoms with Crippen LogP contribution in [0.5, 0.6) is 0 Å². The second-order valence-corrected chi connectivity index (χ2v) is 7.17. The van der Waals surface area contributed by atoms with Crippen molar-refractivity contribution in [2.45, 2.75) is 32.1 Å². The van der Waals surface area contributed by atoms with Crippen molar-refractivity contribution >= 4 is 15.8 Å². The standard InChI is InChI=1S/C13H25N3O2S/c1-14-13(16-10-11-19(2,17)18)15-9-8-12-6-4-3-5-7-12/h6H,3-5,7-11H2,1-2H3,(H2,14,15,16). The van der Waals surface area contributed by atoms with Crippen molar-refractivity contribution in [3.05, 3.63) is 11.6 Å². The van der Waals surface area contributed by atoms with Gasteiger partial charge in [0.2, 0.25) is 0 Å². The second-order valence-electron chi connectivity index (χ2n) is 4.91. The van der Waals surface area contributed by atoms with Gasteiger partial charge in [0.25, 0.3) is 0 Å². The molecule has 0 saturated heterocycles. The number of hydrogen-bond acceptors (Lipinski definition) is 3. The minimum absolute atomic E-state index is 0.124. The zero-order chi connectivity index (χ0) is 14.1. The number of sulfone groups is 1. The van der Waals surface area contributed by atoms with Gasteiger partial charge in [-0.15, -0.1) is 0 Å². The van der Waals surface area contributed by atoms with Crippen LogP contribution < -0.4 is 10.6 Å². The molecule has 0 radical (unpaired) electrons. The van der Waals surface area contributed by atoms with Gasteiger partial charge in [-0.2, -0.15) is 0 Å². The van der Waals surface area contributed by atoms with Crippen LogP contribution in [0.2, 0.25) is 0 Å². The number of hydrogen-bond donors (Lipinski definition) is 2. The van der Waals surface area contributed by atoms with Gasteiger partial charge in [-0.1, -0.05) is 11.6 Å². The van der Waals surface area contributed by atoms with Crippen molar-refractivity contribution in [1.29, 1.82) is 0 Å². The Morgan fingerprint density at radius 3 is 2.63 bits per heavy atom. The summed E-state index contributed by atoms with van der Waals surface area (Å²) in [5.41, 5.74) is 1.52. The molecule has 0 amide bonds. The summed E-state index contributed by atoms with van der Waals surface area (Å²) in [6.07, 6.45) is 9.63. The van der Waals surface area contributed by atoms with Crippen LogP contribution in [0.15, 0.2) is 16.6 Å². The molecule has 0 atom stereocenters. The van der Waals surface area contributed by atoms with E-state index in [2.05, 4.69) is 21.7 Å². The van der Waals surface area contributed by atoms with E-state index in [9.17, 15) is 8.42 Å². The van der Waals surface area contributed by atoms with E-state index < -0.39 is 9.84 Å². The lowest BCUT2D eigenvalue weighted by atomic mass is 9.97. The molecule has 0 unspecified atom stereocenters. The van der Waals surface area contributed by atoms with Gasteiger partial charge < -0.3 is 10.6 Å². The fraction of sp³-hybridized carbons (Fsp3) is 0.769. The average molecular weight is 287 g/mol. The first-order valence-corrected chi connectivity index (χ1v) is 8.87. The molecule has 2 N–H and O–H groups in total. The molecule has 5 nitrogen and oxygen atoms in total. The normalized spacial score (nSPS) is 16.9. The second kappa shape index (κ2) is 8.19. The summed E-state index contributed by atoms with van der Waals surface area (Å²) >= 11 is 0. The Labute approximate surface area is 116 Å². The number of nitrogens with zero attached hydrogens (tertiary/aromatic N) is 1. The summed E-state index contributed by atoms with van der Waals surface area (Å²) in [5.74, 6) is 0.791. The first-order chi connectivity index (χ1) is 9.01. The van der Waals surface area contributed by atoms with Crippen molar-refractivity contribution < 1.29 is 8.42 Å². The summed E-state index contributed by atoms with van der Waals surface area (Å²) in [4.78, 5) is 4.07. The summed E-state index contributed by atoms with van der Waals surface area (Å²) in [5, 5.41) is 6.21. The predicted molar refractivity (Wildman–Crippen MR) is 80.2 cm³/mol. The van der Waals surface area contributed by atoms with Gasteiger partial charge in [0, 0.05) is 26.4 Å². The number of nitrogens with one attached hydrogen (secondary N) is 2. The molecule has 6 heteroatoms. The lowest BCUT2D eigenvalue weighted by Gasteiger charge is -2.15. The van der Waals surface area contributed by atoms with Gasteiger partial charge in [0.05, 0.1) is 5.75 Å². The topological polar surface area (TPSA) is 70.6 Å². The van der Waals surface area contributed by atoms with Crippen LogP contribution in [0.4, 0.5) is 0 Å². The number of allylic oxidation sites excluding steroid dienone is 1. The molecule has 0 aromatic heterocycles.